The van der Waals surface area contributed by atoms with E-state index < -0.39 is 11.9 Å². The van der Waals surface area contributed by atoms with Gasteiger partial charge in [0, 0.05) is 25.9 Å². The van der Waals surface area contributed by atoms with Crippen LogP contribution in [0.5, 0.6) is 0 Å². The van der Waals surface area contributed by atoms with Crippen LogP contribution in [0.2, 0.25) is 0 Å². The highest BCUT2D eigenvalue weighted by atomic mass is 16.2. The van der Waals surface area contributed by atoms with Crippen LogP contribution in [0.15, 0.2) is 0 Å². The summed E-state index contributed by atoms with van der Waals surface area (Å²) in [6.07, 6.45) is 1.54. The zero-order chi connectivity index (χ0) is 13.7. The summed E-state index contributed by atoms with van der Waals surface area (Å²) in [5.74, 6) is -0.774. The smallest absolute Gasteiger partial charge is 0.243 e. The van der Waals surface area contributed by atoms with E-state index in [1.54, 1.807) is 4.90 Å². The van der Waals surface area contributed by atoms with Gasteiger partial charge >= 0.3 is 0 Å². The van der Waals surface area contributed by atoms with Crippen LogP contribution in [-0.2, 0) is 14.4 Å². The largest absolute Gasteiger partial charge is 0.342 e. The Morgan fingerprint density at radius 3 is 2.61 bits per heavy atom. The maximum absolute atomic E-state index is 11.5. The number of rotatable bonds is 5. The van der Waals surface area contributed by atoms with E-state index in [4.69, 9.17) is 5.73 Å². The summed E-state index contributed by atoms with van der Waals surface area (Å²) in [5.41, 5.74) is 5.62. The lowest BCUT2D eigenvalue weighted by molar-refractivity contribution is -0.132. The first-order valence-electron chi connectivity index (χ1n) is 6.29. The van der Waals surface area contributed by atoms with Crippen LogP contribution >= 0.6 is 0 Å². The zero-order valence-electron chi connectivity index (χ0n) is 10.9. The van der Waals surface area contributed by atoms with Crippen molar-refractivity contribution in [3.8, 4) is 0 Å². The lowest BCUT2D eigenvalue weighted by atomic mass is 10.1. The quantitative estimate of drug-likeness (QED) is 0.700. The summed E-state index contributed by atoms with van der Waals surface area (Å²) in [5, 5.41) is 2.26. The molecule has 1 aliphatic rings. The van der Waals surface area contributed by atoms with E-state index in [0.29, 0.717) is 19.5 Å². The van der Waals surface area contributed by atoms with Crippen LogP contribution < -0.4 is 11.1 Å². The second-order valence-corrected chi connectivity index (χ2v) is 4.92. The molecular formula is C12H21N3O3. The Hall–Kier alpha value is -1.43. The maximum atomic E-state index is 11.5. The van der Waals surface area contributed by atoms with Crippen LogP contribution in [0, 0.1) is 5.92 Å². The molecule has 1 atom stereocenters. The van der Waals surface area contributed by atoms with Gasteiger partial charge in [-0.2, -0.15) is 0 Å². The lowest BCUT2D eigenvalue weighted by Crippen LogP contribution is -2.46. The minimum atomic E-state index is -0.678. The average Bonchev–Trinajstić information content (AvgIpc) is 2.71. The second kappa shape index (κ2) is 6.49. The predicted molar refractivity (Wildman–Crippen MR) is 66.4 cm³/mol. The van der Waals surface area contributed by atoms with Gasteiger partial charge in [-0.1, -0.05) is 13.8 Å². The highest BCUT2D eigenvalue weighted by molar-refractivity contribution is 5.97. The molecule has 102 valence electrons. The van der Waals surface area contributed by atoms with E-state index >= 15 is 0 Å². The molecule has 0 aromatic heterocycles. The number of hydrogen-bond acceptors (Lipinski definition) is 4. The molecule has 0 saturated carbocycles. The molecule has 1 heterocycles. The number of likely N-dealkylation sites (tertiary alicyclic amines) is 1. The Labute approximate surface area is 107 Å². The molecule has 1 fully saturated rings. The molecule has 0 aliphatic carbocycles. The Morgan fingerprint density at radius 2 is 2.11 bits per heavy atom. The minimum absolute atomic E-state index is 0.0158. The van der Waals surface area contributed by atoms with Gasteiger partial charge in [-0.15, -0.1) is 0 Å². The van der Waals surface area contributed by atoms with Gasteiger partial charge in [0.1, 0.15) is 0 Å². The highest BCUT2D eigenvalue weighted by Gasteiger charge is 2.22. The molecule has 0 aromatic carbocycles. The molecule has 6 heteroatoms. The van der Waals surface area contributed by atoms with Gasteiger partial charge in [0.2, 0.25) is 17.7 Å². The number of nitrogens with one attached hydrogen (secondary N) is 1. The predicted octanol–water partition coefficient (Wildman–Crippen LogP) is -0.375. The van der Waals surface area contributed by atoms with Crippen molar-refractivity contribution >= 4 is 17.7 Å². The topological polar surface area (TPSA) is 92.5 Å². The van der Waals surface area contributed by atoms with Crippen molar-refractivity contribution in [1.82, 2.24) is 10.2 Å². The first kappa shape index (κ1) is 14.6. The molecule has 18 heavy (non-hydrogen) atoms. The van der Waals surface area contributed by atoms with Gasteiger partial charge in [0.25, 0.3) is 0 Å². The molecule has 0 spiro atoms. The van der Waals surface area contributed by atoms with Crippen molar-refractivity contribution in [2.75, 3.05) is 13.1 Å². The fourth-order valence-electron chi connectivity index (χ4n) is 1.76. The monoisotopic (exact) mass is 255 g/mol. The molecule has 1 rings (SSSR count). The molecule has 0 unspecified atom stereocenters. The number of imide groups is 1. The van der Waals surface area contributed by atoms with Crippen LogP contribution in [0.3, 0.4) is 0 Å². The average molecular weight is 255 g/mol. The summed E-state index contributed by atoms with van der Waals surface area (Å²) >= 11 is 0. The minimum Gasteiger partial charge on any atom is -0.342 e. The van der Waals surface area contributed by atoms with Crippen molar-refractivity contribution < 1.29 is 14.4 Å². The van der Waals surface area contributed by atoms with Crippen molar-refractivity contribution in [2.24, 2.45) is 11.7 Å². The third kappa shape index (κ3) is 4.10. The van der Waals surface area contributed by atoms with Crippen molar-refractivity contribution in [1.29, 1.82) is 0 Å². The number of carbonyl (C=O) groups is 3. The Bertz CT molecular complexity index is 341. The van der Waals surface area contributed by atoms with E-state index in [0.717, 1.165) is 6.42 Å². The summed E-state index contributed by atoms with van der Waals surface area (Å²) < 4.78 is 0. The Balaban J connectivity index is 2.29. The number of nitrogens with two attached hydrogens (primary N) is 1. The molecule has 1 aliphatic heterocycles. The van der Waals surface area contributed by atoms with Crippen molar-refractivity contribution in [3.05, 3.63) is 0 Å². The third-order valence-electron chi connectivity index (χ3n) is 3.06. The van der Waals surface area contributed by atoms with Crippen LogP contribution in [-0.4, -0.2) is 41.8 Å². The normalized spacial score (nSPS) is 17.1. The van der Waals surface area contributed by atoms with Crippen molar-refractivity contribution in [2.45, 2.75) is 39.2 Å². The number of amides is 3. The molecule has 3 N–H and O–H groups in total. The van der Waals surface area contributed by atoms with Gasteiger partial charge in [0.05, 0.1) is 6.04 Å². The van der Waals surface area contributed by atoms with E-state index in [9.17, 15) is 14.4 Å². The van der Waals surface area contributed by atoms with Gasteiger partial charge in [0.15, 0.2) is 0 Å². The summed E-state index contributed by atoms with van der Waals surface area (Å²) in [6, 6.07) is -0.678. The third-order valence-corrected chi connectivity index (χ3v) is 3.06. The van der Waals surface area contributed by atoms with E-state index in [1.807, 2.05) is 13.8 Å². The highest BCUT2D eigenvalue weighted by Crippen LogP contribution is 2.09. The summed E-state index contributed by atoms with van der Waals surface area (Å²) in [7, 11) is 0. The fraction of sp³-hybridized carbons (Fsp3) is 0.750. The van der Waals surface area contributed by atoms with Gasteiger partial charge in [-0.05, 0) is 12.3 Å². The molecule has 1 saturated heterocycles. The number of nitrogens with zero attached hydrogens (tertiary/aromatic N) is 1. The van der Waals surface area contributed by atoms with E-state index in [2.05, 4.69) is 5.32 Å². The van der Waals surface area contributed by atoms with E-state index in [-0.39, 0.29) is 24.2 Å². The Kier molecular flexibility index (Phi) is 5.27. The summed E-state index contributed by atoms with van der Waals surface area (Å²) in [6.45, 7) is 4.70. The molecule has 0 radical (unpaired) electrons. The van der Waals surface area contributed by atoms with Crippen LogP contribution in [0.25, 0.3) is 0 Å². The lowest BCUT2D eigenvalue weighted by Gasteiger charge is -2.16. The first-order chi connectivity index (χ1) is 8.41. The van der Waals surface area contributed by atoms with Crippen LogP contribution in [0.1, 0.15) is 33.1 Å². The van der Waals surface area contributed by atoms with Crippen molar-refractivity contribution in [3.63, 3.8) is 0 Å². The van der Waals surface area contributed by atoms with Crippen LogP contribution in [0.4, 0.5) is 0 Å². The molecule has 0 aromatic rings. The molecule has 3 amide bonds. The number of carbonyl (C=O) groups excluding carboxylic acids is 3. The Morgan fingerprint density at radius 1 is 1.44 bits per heavy atom. The zero-order valence-corrected chi connectivity index (χ0v) is 10.9. The maximum Gasteiger partial charge on any atom is 0.243 e. The van der Waals surface area contributed by atoms with E-state index in [1.165, 1.54) is 0 Å². The van der Waals surface area contributed by atoms with Gasteiger partial charge < -0.3 is 10.6 Å². The SMILES string of the molecule is CC(C)[C@H](N)C(=O)NC(=O)CCN1CCCC1=O. The van der Waals surface area contributed by atoms with Gasteiger partial charge in [-0.3, -0.25) is 19.7 Å². The first-order valence-corrected chi connectivity index (χ1v) is 6.29. The second-order valence-electron chi connectivity index (χ2n) is 4.92. The number of hydrogen-bond donors (Lipinski definition) is 2. The standard InChI is InChI=1S/C12H21N3O3/c1-8(2)11(13)12(18)14-9(16)5-7-15-6-3-4-10(15)17/h8,11H,3-7,13H2,1-2H3,(H,14,16,18)/t11-/m0/s1. The fourth-order valence-corrected chi connectivity index (χ4v) is 1.76. The molecule has 6 nitrogen and oxygen atoms in total. The molecule has 0 bridgehead atoms. The summed E-state index contributed by atoms with van der Waals surface area (Å²) in [4.78, 5) is 36.0. The van der Waals surface area contributed by atoms with Gasteiger partial charge in [-0.25, -0.2) is 0 Å². The molecular weight excluding hydrogens is 234 g/mol.